The molecule has 0 amide bonds. The molecule has 0 aliphatic heterocycles. The molecule has 0 unspecified atom stereocenters. The molecule has 88 valence electrons. The number of thiocarbonyl (C=S) groups is 1. The molecule has 0 atom stereocenters. The van der Waals surface area contributed by atoms with E-state index in [1.807, 2.05) is 43.3 Å². The number of benzene rings is 1. The fourth-order valence-electron chi connectivity index (χ4n) is 1.34. The van der Waals surface area contributed by atoms with E-state index in [2.05, 4.69) is 6.92 Å². The molecule has 2 nitrogen and oxygen atoms in total. The van der Waals surface area contributed by atoms with Gasteiger partial charge in [0.15, 0.2) is 0 Å². The number of ether oxygens (including phenoxy) is 1. The minimum absolute atomic E-state index is 0.754. The summed E-state index contributed by atoms with van der Waals surface area (Å²) in [6.45, 7) is 2.91. The quantitative estimate of drug-likeness (QED) is 0.577. The van der Waals surface area contributed by atoms with Crippen LogP contribution in [0.3, 0.4) is 0 Å². The van der Waals surface area contributed by atoms with E-state index in [4.69, 9.17) is 17.0 Å². The Hall–Kier alpha value is -1.09. The van der Waals surface area contributed by atoms with Crippen molar-refractivity contribution < 1.29 is 4.74 Å². The molecule has 0 saturated heterocycles. The van der Waals surface area contributed by atoms with Gasteiger partial charge in [-0.1, -0.05) is 37.7 Å². The number of para-hydroxylation sites is 1. The molecule has 1 aromatic rings. The van der Waals surface area contributed by atoms with Crippen molar-refractivity contribution in [2.75, 3.05) is 20.7 Å². The van der Waals surface area contributed by atoms with Crippen LogP contribution in [0.2, 0.25) is 0 Å². The van der Waals surface area contributed by atoms with Gasteiger partial charge in [-0.2, -0.15) is 0 Å². The maximum absolute atomic E-state index is 5.73. The highest BCUT2D eigenvalue weighted by Crippen LogP contribution is 2.20. The lowest BCUT2D eigenvalue weighted by atomic mass is 10.2. The van der Waals surface area contributed by atoms with Gasteiger partial charge >= 0.3 is 0 Å². The SMILES string of the molecule is CCCCOc1ccccc1C(=S)N(C)C. The zero-order valence-electron chi connectivity index (χ0n) is 10.2. The van der Waals surface area contributed by atoms with Crippen LogP contribution >= 0.6 is 12.2 Å². The Balaban J connectivity index is 2.79. The molecule has 0 radical (unpaired) electrons. The Labute approximate surface area is 103 Å². The Morgan fingerprint density at radius 2 is 2.00 bits per heavy atom. The molecular formula is C13H19NOS. The van der Waals surface area contributed by atoms with Crippen molar-refractivity contribution in [1.29, 1.82) is 0 Å². The largest absolute Gasteiger partial charge is 0.493 e. The fourth-order valence-corrected chi connectivity index (χ4v) is 1.51. The second kappa shape index (κ2) is 6.48. The molecule has 16 heavy (non-hydrogen) atoms. The van der Waals surface area contributed by atoms with E-state index in [-0.39, 0.29) is 0 Å². The summed E-state index contributed by atoms with van der Waals surface area (Å²) in [5.74, 6) is 0.884. The average Bonchev–Trinajstić information content (AvgIpc) is 2.29. The van der Waals surface area contributed by atoms with Gasteiger partial charge < -0.3 is 9.64 Å². The lowest BCUT2D eigenvalue weighted by Gasteiger charge is -2.17. The van der Waals surface area contributed by atoms with E-state index in [0.717, 1.165) is 35.7 Å². The highest BCUT2D eigenvalue weighted by molar-refractivity contribution is 7.80. The molecule has 0 aromatic heterocycles. The molecule has 0 fully saturated rings. The van der Waals surface area contributed by atoms with Crippen LogP contribution in [-0.2, 0) is 0 Å². The molecule has 0 heterocycles. The topological polar surface area (TPSA) is 12.5 Å². The third kappa shape index (κ3) is 3.49. The van der Waals surface area contributed by atoms with Gasteiger partial charge in [-0.3, -0.25) is 0 Å². The van der Waals surface area contributed by atoms with Gasteiger partial charge in [-0.25, -0.2) is 0 Å². The van der Waals surface area contributed by atoms with E-state index in [0.29, 0.717) is 0 Å². The van der Waals surface area contributed by atoms with E-state index < -0.39 is 0 Å². The van der Waals surface area contributed by atoms with Crippen LogP contribution in [0.5, 0.6) is 5.75 Å². The Morgan fingerprint density at radius 3 is 2.62 bits per heavy atom. The Kier molecular flexibility index (Phi) is 5.26. The summed E-state index contributed by atoms with van der Waals surface area (Å²) in [4.78, 5) is 2.74. The lowest BCUT2D eigenvalue weighted by molar-refractivity contribution is 0.308. The van der Waals surface area contributed by atoms with E-state index in [9.17, 15) is 0 Å². The summed E-state index contributed by atoms with van der Waals surface area (Å²) >= 11 is 5.36. The van der Waals surface area contributed by atoms with Crippen molar-refractivity contribution >= 4 is 17.2 Å². The standard InChI is InChI=1S/C13H19NOS/c1-4-5-10-15-12-9-7-6-8-11(12)13(16)14(2)3/h6-9H,4-5,10H2,1-3H3. The molecule has 1 aromatic carbocycles. The van der Waals surface area contributed by atoms with Crippen LogP contribution in [0, 0.1) is 0 Å². The summed E-state index contributed by atoms with van der Waals surface area (Å²) in [5.41, 5.74) is 0.999. The summed E-state index contributed by atoms with van der Waals surface area (Å²) < 4.78 is 5.73. The second-order valence-corrected chi connectivity index (χ2v) is 4.28. The summed E-state index contributed by atoms with van der Waals surface area (Å²) in [5, 5.41) is 0. The first-order valence-corrected chi connectivity index (χ1v) is 6.01. The Bertz CT molecular complexity index is 350. The minimum Gasteiger partial charge on any atom is -0.493 e. The average molecular weight is 237 g/mol. The molecule has 0 saturated carbocycles. The second-order valence-electron chi connectivity index (χ2n) is 3.90. The molecule has 0 spiro atoms. The van der Waals surface area contributed by atoms with Crippen LogP contribution in [-0.4, -0.2) is 30.6 Å². The fraction of sp³-hybridized carbons (Fsp3) is 0.462. The van der Waals surface area contributed by atoms with Crippen LogP contribution in [0.4, 0.5) is 0 Å². The van der Waals surface area contributed by atoms with Gasteiger partial charge in [0.05, 0.1) is 12.2 Å². The van der Waals surface area contributed by atoms with Crippen LogP contribution < -0.4 is 4.74 Å². The van der Waals surface area contributed by atoms with Crippen molar-refractivity contribution in [3.05, 3.63) is 29.8 Å². The minimum atomic E-state index is 0.754. The van der Waals surface area contributed by atoms with Crippen LogP contribution in [0.15, 0.2) is 24.3 Å². The molecule has 3 heteroatoms. The van der Waals surface area contributed by atoms with E-state index >= 15 is 0 Å². The summed E-state index contributed by atoms with van der Waals surface area (Å²) in [6, 6.07) is 7.94. The van der Waals surface area contributed by atoms with Gasteiger partial charge in [0.25, 0.3) is 0 Å². The van der Waals surface area contributed by atoms with Crippen molar-refractivity contribution in [1.82, 2.24) is 4.90 Å². The molecule has 0 bridgehead atoms. The maximum atomic E-state index is 5.73. The first-order valence-electron chi connectivity index (χ1n) is 5.60. The van der Waals surface area contributed by atoms with Crippen LogP contribution in [0.1, 0.15) is 25.3 Å². The Morgan fingerprint density at radius 1 is 1.31 bits per heavy atom. The van der Waals surface area contributed by atoms with Gasteiger partial charge in [0.1, 0.15) is 10.7 Å². The van der Waals surface area contributed by atoms with Gasteiger partial charge in [0, 0.05) is 14.1 Å². The molecule has 0 N–H and O–H groups in total. The third-order valence-electron chi connectivity index (χ3n) is 2.28. The van der Waals surface area contributed by atoms with E-state index in [1.165, 1.54) is 0 Å². The highest BCUT2D eigenvalue weighted by atomic mass is 32.1. The van der Waals surface area contributed by atoms with Crippen molar-refractivity contribution in [2.45, 2.75) is 19.8 Å². The third-order valence-corrected chi connectivity index (χ3v) is 2.86. The van der Waals surface area contributed by atoms with Crippen LogP contribution in [0.25, 0.3) is 0 Å². The van der Waals surface area contributed by atoms with Gasteiger partial charge in [-0.05, 0) is 18.6 Å². The monoisotopic (exact) mass is 237 g/mol. The number of hydrogen-bond donors (Lipinski definition) is 0. The lowest BCUT2D eigenvalue weighted by Crippen LogP contribution is -2.21. The van der Waals surface area contributed by atoms with Crippen molar-refractivity contribution in [2.24, 2.45) is 0 Å². The number of unbranched alkanes of at least 4 members (excludes halogenated alkanes) is 1. The maximum Gasteiger partial charge on any atom is 0.129 e. The predicted molar refractivity (Wildman–Crippen MR) is 72.2 cm³/mol. The highest BCUT2D eigenvalue weighted by Gasteiger charge is 2.09. The number of nitrogens with zero attached hydrogens (tertiary/aromatic N) is 1. The molecule has 0 aliphatic carbocycles. The molecule has 1 rings (SSSR count). The zero-order chi connectivity index (χ0) is 12.0. The zero-order valence-corrected chi connectivity index (χ0v) is 11.0. The summed E-state index contributed by atoms with van der Waals surface area (Å²) in [6.07, 6.45) is 2.21. The predicted octanol–water partition coefficient (Wildman–Crippen LogP) is 3.10. The smallest absolute Gasteiger partial charge is 0.129 e. The normalized spacial score (nSPS) is 9.94. The van der Waals surface area contributed by atoms with Crippen molar-refractivity contribution in [3.63, 3.8) is 0 Å². The molecule has 0 aliphatic rings. The first-order chi connectivity index (χ1) is 7.66. The van der Waals surface area contributed by atoms with Gasteiger partial charge in [-0.15, -0.1) is 0 Å². The van der Waals surface area contributed by atoms with Crippen molar-refractivity contribution in [3.8, 4) is 5.75 Å². The molecular weight excluding hydrogens is 218 g/mol. The van der Waals surface area contributed by atoms with E-state index in [1.54, 1.807) is 0 Å². The number of hydrogen-bond acceptors (Lipinski definition) is 2. The first kappa shape index (κ1) is 13.0. The number of rotatable bonds is 5. The summed E-state index contributed by atoms with van der Waals surface area (Å²) in [7, 11) is 3.90. The van der Waals surface area contributed by atoms with Gasteiger partial charge in [0.2, 0.25) is 0 Å².